The minimum atomic E-state index is -0.0408. The highest BCUT2D eigenvalue weighted by atomic mass is 79.9. The maximum absolute atomic E-state index is 13.0. The highest BCUT2D eigenvalue weighted by Crippen LogP contribution is 2.33. The average Bonchev–Trinajstić information content (AvgIpc) is 2.49. The van der Waals surface area contributed by atoms with Gasteiger partial charge in [0.25, 0.3) is 5.91 Å². The fourth-order valence-electron chi connectivity index (χ4n) is 2.79. The van der Waals surface area contributed by atoms with Gasteiger partial charge in [-0.2, -0.15) is 0 Å². The Labute approximate surface area is 137 Å². The Balaban J connectivity index is 2.07. The van der Waals surface area contributed by atoms with E-state index in [1.165, 1.54) is 5.56 Å². The number of halogens is 2. The molecule has 1 heterocycles. The Bertz CT molecular complexity index is 701. The summed E-state index contributed by atoms with van der Waals surface area (Å²) >= 11 is 9.62. The molecule has 21 heavy (non-hydrogen) atoms. The van der Waals surface area contributed by atoms with Crippen LogP contribution in [0.3, 0.4) is 0 Å². The molecular weight excluding hydrogens is 350 g/mol. The molecule has 1 amide bonds. The zero-order chi connectivity index (χ0) is 15.0. The molecule has 1 atom stereocenters. The number of rotatable bonds is 1. The van der Waals surface area contributed by atoms with E-state index in [9.17, 15) is 4.79 Å². The van der Waals surface area contributed by atoms with Gasteiger partial charge in [0.15, 0.2) is 0 Å². The summed E-state index contributed by atoms with van der Waals surface area (Å²) < 4.78 is 0.855. The molecule has 0 radical (unpaired) electrons. The summed E-state index contributed by atoms with van der Waals surface area (Å²) in [6.45, 7) is 2.08. The molecule has 1 aliphatic heterocycles. The number of hydrogen-bond donors (Lipinski definition) is 0. The van der Waals surface area contributed by atoms with E-state index < -0.39 is 0 Å². The zero-order valence-electron chi connectivity index (χ0n) is 11.6. The summed E-state index contributed by atoms with van der Waals surface area (Å²) in [5.74, 6) is -0.0408. The molecule has 0 N–H and O–H groups in total. The van der Waals surface area contributed by atoms with Crippen LogP contribution in [-0.4, -0.2) is 11.9 Å². The molecule has 0 spiro atoms. The molecule has 1 unspecified atom stereocenters. The maximum atomic E-state index is 13.0. The van der Waals surface area contributed by atoms with Gasteiger partial charge in [-0.25, -0.2) is 0 Å². The van der Waals surface area contributed by atoms with Crippen molar-refractivity contribution in [3.8, 4) is 0 Å². The topological polar surface area (TPSA) is 20.3 Å². The second-order valence-electron chi connectivity index (χ2n) is 5.32. The van der Waals surface area contributed by atoms with Crippen LogP contribution in [0.4, 0.5) is 5.69 Å². The van der Waals surface area contributed by atoms with Crippen LogP contribution < -0.4 is 4.90 Å². The van der Waals surface area contributed by atoms with Gasteiger partial charge in [-0.3, -0.25) is 4.79 Å². The van der Waals surface area contributed by atoms with E-state index in [-0.39, 0.29) is 11.9 Å². The highest BCUT2D eigenvalue weighted by molar-refractivity contribution is 9.10. The molecule has 0 fully saturated rings. The third-order valence-corrected chi connectivity index (χ3v) is 4.72. The summed E-state index contributed by atoms with van der Waals surface area (Å²) in [6, 6.07) is 13.6. The van der Waals surface area contributed by atoms with Gasteiger partial charge >= 0.3 is 0 Å². The number of nitrogens with zero attached hydrogens (tertiary/aromatic N) is 1. The van der Waals surface area contributed by atoms with E-state index >= 15 is 0 Å². The quantitative estimate of drug-likeness (QED) is 0.690. The van der Waals surface area contributed by atoms with Crippen molar-refractivity contribution >= 4 is 39.1 Å². The third kappa shape index (κ3) is 2.72. The van der Waals surface area contributed by atoms with Crippen molar-refractivity contribution in [2.24, 2.45) is 0 Å². The van der Waals surface area contributed by atoms with Crippen LogP contribution in [0, 0.1) is 0 Å². The Morgan fingerprint density at radius 3 is 2.86 bits per heavy atom. The zero-order valence-corrected chi connectivity index (χ0v) is 14.0. The van der Waals surface area contributed by atoms with Gasteiger partial charge in [0.05, 0.1) is 10.6 Å². The van der Waals surface area contributed by atoms with Gasteiger partial charge in [0.1, 0.15) is 0 Å². The van der Waals surface area contributed by atoms with Gasteiger partial charge in [0.2, 0.25) is 0 Å². The number of para-hydroxylation sites is 1. The predicted molar refractivity (Wildman–Crippen MR) is 90.2 cm³/mol. The average molecular weight is 365 g/mol. The fraction of sp³-hybridized carbons (Fsp3) is 0.235. The highest BCUT2D eigenvalue weighted by Gasteiger charge is 2.29. The van der Waals surface area contributed by atoms with E-state index in [2.05, 4.69) is 28.9 Å². The van der Waals surface area contributed by atoms with Crippen molar-refractivity contribution in [1.29, 1.82) is 0 Å². The lowest BCUT2D eigenvalue weighted by atomic mass is 9.96. The first kappa shape index (κ1) is 14.6. The summed E-state index contributed by atoms with van der Waals surface area (Å²) in [7, 11) is 0. The third-order valence-electron chi connectivity index (χ3n) is 3.90. The molecule has 0 bridgehead atoms. The smallest absolute Gasteiger partial charge is 0.260 e. The molecule has 3 rings (SSSR count). The number of carbonyl (C=O) groups is 1. The number of carbonyl (C=O) groups excluding carboxylic acids is 1. The summed E-state index contributed by atoms with van der Waals surface area (Å²) in [5, 5.41) is 0.485. The first-order valence-corrected chi connectivity index (χ1v) is 8.11. The van der Waals surface area contributed by atoms with Gasteiger partial charge in [-0.1, -0.05) is 45.7 Å². The van der Waals surface area contributed by atoms with Crippen molar-refractivity contribution in [3.63, 3.8) is 0 Å². The van der Waals surface area contributed by atoms with Gasteiger partial charge in [0, 0.05) is 16.2 Å². The summed E-state index contributed by atoms with van der Waals surface area (Å²) in [5.41, 5.74) is 2.75. The maximum Gasteiger partial charge on any atom is 0.260 e. The molecular formula is C17H15BrClNO. The SMILES string of the molecule is CC1CCc2ccccc2N1C(=O)c1cc(Br)ccc1Cl. The number of amides is 1. The first-order chi connectivity index (χ1) is 10.1. The van der Waals surface area contributed by atoms with E-state index in [1.54, 1.807) is 12.1 Å². The minimum Gasteiger partial charge on any atom is -0.305 e. The Morgan fingerprint density at radius 1 is 1.29 bits per heavy atom. The normalized spacial score (nSPS) is 17.5. The first-order valence-electron chi connectivity index (χ1n) is 6.94. The fourth-order valence-corrected chi connectivity index (χ4v) is 3.35. The van der Waals surface area contributed by atoms with E-state index in [0.29, 0.717) is 10.6 Å². The van der Waals surface area contributed by atoms with Crippen LogP contribution in [-0.2, 0) is 6.42 Å². The number of anilines is 1. The summed E-state index contributed by atoms with van der Waals surface area (Å²) in [4.78, 5) is 14.8. The van der Waals surface area contributed by atoms with Crippen LogP contribution in [0.15, 0.2) is 46.9 Å². The van der Waals surface area contributed by atoms with Crippen LogP contribution >= 0.6 is 27.5 Å². The minimum absolute atomic E-state index is 0.0408. The van der Waals surface area contributed by atoms with Crippen LogP contribution in [0.1, 0.15) is 29.3 Å². The van der Waals surface area contributed by atoms with Crippen molar-refractivity contribution in [1.82, 2.24) is 0 Å². The van der Waals surface area contributed by atoms with Crippen LogP contribution in [0.25, 0.3) is 0 Å². The summed E-state index contributed by atoms with van der Waals surface area (Å²) in [6.07, 6.45) is 1.97. The van der Waals surface area contributed by atoms with Crippen molar-refractivity contribution in [2.75, 3.05) is 4.90 Å². The lowest BCUT2D eigenvalue weighted by Crippen LogP contribution is -2.42. The largest absolute Gasteiger partial charge is 0.305 e. The molecule has 0 aromatic heterocycles. The Morgan fingerprint density at radius 2 is 2.05 bits per heavy atom. The van der Waals surface area contributed by atoms with Crippen LogP contribution in [0.2, 0.25) is 5.02 Å². The lowest BCUT2D eigenvalue weighted by molar-refractivity contribution is 0.0975. The van der Waals surface area contributed by atoms with E-state index in [4.69, 9.17) is 11.6 Å². The molecule has 0 saturated carbocycles. The van der Waals surface area contributed by atoms with E-state index in [0.717, 1.165) is 23.0 Å². The number of fused-ring (bicyclic) bond motifs is 1. The van der Waals surface area contributed by atoms with Crippen molar-refractivity contribution in [2.45, 2.75) is 25.8 Å². The van der Waals surface area contributed by atoms with Gasteiger partial charge in [-0.15, -0.1) is 0 Å². The molecule has 1 aliphatic rings. The Hall–Kier alpha value is -1.32. The molecule has 0 aliphatic carbocycles. The molecule has 4 heteroatoms. The Kier molecular flexibility index (Phi) is 4.05. The molecule has 2 aromatic carbocycles. The van der Waals surface area contributed by atoms with Crippen molar-refractivity contribution in [3.05, 3.63) is 63.1 Å². The number of benzene rings is 2. The van der Waals surface area contributed by atoms with E-state index in [1.807, 2.05) is 29.2 Å². The van der Waals surface area contributed by atoms with Crippen LogP contribution in [0.5, 0.6) is 0 Å². The molecule has 2 aromatic rings. The number of hydrogen-bond acceptors (Lipinski definition) is 1. The second-order valence-corrected chi connectivity index (χ2v) is 6.64. The lowest BCUT2D eigenvalue weighted by Gasteiger charge is -2.35. The predicted octanol–water partition coefficient (Wildman–Crippen LogP) is 5.08. The second kappa shape index (κ2) is 5.82. The van der Waals surface area contributed by atoms with Gasteiger partial charge < -0.3 is 4.90 Å². The monoisotopic (exact) mass is 363 g/mol. The van der Waals surface area contributed by atoms with Gasteiger partial charge in [-0.05, 0) is 49.6 Å². The molecule has 108 valence electrons. The molecule has 0 saturated heterocycles. The molecule has 2 nitrogen and oxygen atoms in total. The van der Waals surface area contributed by atoms with Crippen molar-refractivity contribution < 1.29 is 4.79 Å². The number of aryl methyl sites for hydroxylation is 1. The standard InChI is InChI=1S/C17H15BrClNO/c1-11-6-7-12-4-2-3-5-16(12)20(11)17(21)14-10-13(18)8-9-15(14)19/h2-5,8-11H,6-7H2,1H3.